The zero-order valence-electron chi connectivity index (χ0n) is 11.6. The van der Waals surface area contributed by atoms with Crippen LogP contribution in [-0.2, 0) is 9.53 Å². The molecule has 0 aromatic rings. The van der Waals surface area contributed by atoms with Crippen LogP contribution < -0.4 is 0 Å². The van der Waals surface area contributed by atoms with Crippen molar-refractivity contribution in [3.05, 3.63) is 0 Å². The maximum atomic E-state index is 12.5. The molecule has 0 aromatic heterocycles. The van der Waals surface area contributed by atoms with E-state index >= 15 is 0 Å². The van der Waals surface area contributed by atoms with E-state index in [-0.39, 0.29) is 23.9 Å². The van der Waals surface area contributed by atoms with Crippen LogP contribution in [0.4, 0.5) is 4.79 Å². The first-order valence-corrected chi connectivity index (χ1v) is 6.74. The zero-order chi connectivity index (χ0) is 14.0. The smallest absolute Gasteiger partial charge is 0.320 e. The first-order chi connectivity index (χ1) is 8.89. The number of carboxylic acid groups (broad SMARTS) is 1. The van der Waals surface area contributed by atoms with Crippen molar-refractivity contribution in [2.75, 3.05) is 32.8 Å². The standard InChI is InChI=1S/C13H22N2O4/c1-13(2)3-4-14(9-13)12(18)15-5-6-19-8-10(15)7-11(16)17/h10H,3-9H2,1-2H3,(H,16,17). The molecular formula is C13H22N2O4. The predicted molar refractivity (Wildman–Crippen MR) is 68.9 cm³/mol. The van der Waals surface area contributed by atoms with Gasteiger partial charge in [0.2, 0.25) is 0 Å². The van der Waals surface area contributed by atoms with Gasteiger partial charge in [-0.05, 0) is 11.8 Å². The fourth-order valence-corrected chi connectivity index (χ4v) is 2.73. The number of aliphatic carboxylic acids is 1. The summed E-state index contributed by atoms with van der Waals surface area (Å²) < 4.78 is 5.29. The molecule has 0 saturated carbocycles. The van der Waals surface area contributed by atoms with Crippen molar-refractivity contribution in [3.63, 3.8) is 0 Å². The third-order valence-corrected chi connectivity index (χ3v) is 3.83. The number of hydrogen-bond donors (Lipinski definition) is 1. The van der Waals surface area contributed by atoms with E-state index in [2.05, 4.69) is 13.8 Å². The topological polar surface area (TPSA) is 70.1 Å². The summed E-state index contributed by atoms with van der Waals surface area (Å²) in [6.45, 7) is 7.07. The number of rotatable bonds is 2. The van der Waals surface area contributed by atoms with Crippen LogP contribution in [-0.4, -0.2) is 65.8 Å². The molecule has 1 atom stereocenters. The largest absolute Gasteiger partial charge is 0.481 e. The average Bonchev–Trinajstić information content (AvgIpc) is 2.69. The second-order valence-electron chi connectivity index (χ2n) is 6.14. The molecule has 2 aliphatic rings. The first-order valence-electron chi connectivity index (χ1n) is 6.74. The van der Waals surface area contributed by atoms with Crippen molar-refractivity contribution in [2.24, 2.45) is 5.41 Å². The Morgan fingerprint density at radius 1 is 1.37 bits per heavy atom. The third kappa shape index (κ3) is 3.37. The van der Waals surface area contributed by atoms with E-state index in [0.29, 0.717) is 19.8 Å². The quantitative estimate of drug-likeness (QED) is 0.813. The molecule has 0 radical (unpaired) electrons. The van der Waals surface area contributed by atoms with Crippen molar-refractivity contribution in [2.45, 2.75) is 32.7 Å². The summed E-state index contributed by atoms with van der Waals surface area (Å²) in [5.74, 6) is -0.893. The Bertz CT molecular complexity index is 370. The maximum Gasteiger partial charge on any atom is 0.320 e. The van der Waals surface area contributed by atoms with Crippen LogP contribution in [0.15, 0.2) is 0 Å². The number of urea groups is 1. The highest BCUT2D eigenvalue weighted by molar-refractivity contribution is 5.76. The van der Waals surface area contributed by atoms with E-state index in [1.165, 1.54) is 0 Å². The lowest BCUT2D eigenvalue weighted by molar-refractivity contribution is -0.139. The Morgan fingerprint density at radius 3 is 2.68 bits per heavy atom. The van der Waals surface area contributed by atoms with Crippen LogP contribution in [0, 0.1) is 5.41 Å². The highest BCUT2D eigenvalue weighted by atomic mass is 16.5. The summed E-state index contributed by atoms with van der Waals surface area (Å²) in [6, 6.07) is -0.386. The Labute approximate surface area is 113 Å². The molecular weight excluding hydrogens is 248 g/mol. The van der Waals surface area contributed by atoms with Crippen LogP contribution in [0.3, 0.4) is 0 Å². The van der Waals surface area contributed by atoms with E-state index < -0.39 is 5.97 Å². The molecule has 6 nitrogen and oxygen atoms in total. The van der Waals surface area contributed by atoms with Crippen molar-refractivity contribution in [3.8, 4) is 0 Å². The number of amides is 2. The van der Waals surface area contributed by atoms with Gasteiger partial charge in [-0.2, -0.15) is 0 Å². The number of carbonyl (C=O) groups excluding carboxylic acids is 1. The molecule has 108 valence electrons. The highest BCUT2D eigenvalue weighted by Crippen LogP contribution is 2.30. The minimum atomic E-state index is -0.893. The lowest BCUT2D eigenvalue weighted by atomic mass is 9.93. The molecule has 6 heteroatoms. The van der Waals surface area contributed by atoms with Crippen LogP contribution >= 0.6 is 0 Å². The summed E-state index contributed by atoms with van der Waals surface area (Å²) in [5, 5.41) is 8.91. The summed E-state index contributed by atoms with van der Waals surface area (Å²) in [5.41, 5.74) is 0.157. The summed E-state index contributed by atoms with van der Waals surface area (Å²) >= 11 is 0. The van der Waals surface area contributed by atoms with Gasteiger partial charge in [0, 0.05) is 19.6 Å². The van der Waals surface area contributed by atoms with E-state index in [4.69, 9.17) is 9.84 Å². The van der Waals surface area contributed by atoms with E-state index in [1.54, 1.807) is 4.90 Å². The van der Waals surface area contributed by atoms with Gasteiger partial charge in [0.25, 0.3) is 0 Å². The van der Waals surface area contributed by atoms with Gasteiger partial charge in [-0.25, -0.2) is 4.79 Å². The normalized spacial score (nSPS) is 26.5. The molecule has 1 unspecified atom stereocenters. The number of carbonyl (C=O) groups is 2. The van der Waals surface area contributed by atoms with Gasteiger partial charge in [0.05, 0.1) is 25.7 Å². The van der Waals surface area contributed by atoms with Gasteiger partial charge in [0.1, 0.15) is 0 Å². The van der Waals surface area contributed by atoms with Crippen molar-refractivity contribution in [1.29, 1.82) is 0 Å². The van der Waals surface area contributed by atoms with Crippen molar-refractivity contribution in [1.82, 2.24) is 9.80 Å². The summed E-state index contributed by atoms with van der Waals surface area (Å²) in [7, 11) is 0. The molecule has 2 aliphatic heterocycles. The first kappa shape index (κ1) is 14.1. The maximum absolute atomic E-state index is 12.5. The van der Waals surface area contributed by atoms with Gasteiger partial charge in [-0.15, -0.1) is 0 Å². The summed E-state index contributed by atoms with van der Waals surface area (Å²) in [4.78, 5) is 26.8. The van der Waals surface area contributed by atoms with Crippen LogP contribution in [0.5, 0.6) is 0 Å². The van der Waals surface area contributed by atoms with Crippen LogP contribution in [0.2, 0.25) is 0 Å². The number of hydrogen-bond acceptors (Lipinski definition) is 3. The van der Waals surface area contributed by atoms with Gasteiger partial charge in [-0.1, -0.05) is 13.8 Å². The van der Waals surface area contributed by atoms with Gasteiger partial charge < -0.3 is 19.6 Å². The highest BCUT2D eigenvalue weighted by Gasteiger charge is 2.37. The molecule has 2 heterocycles. The third-order valence-electron chi connectivity index (χ3n) is 3.83. The van der Waals surface area contributed by atoms with Crippen LogP contribution in [0.1, 0.15) is 26.7 Å². The molecule has 0 spiro atoms. The molecule has 0 aromatic carbocycles. The van der Waals surface area contributed by atoms with Gasteiger partial charge in [0.15, 0.2) is 0 Å². The SMILES string of the molecule is CC1(C)CCN(C(=O)N2CCOCC2CC(=O)O)C1. The van der Waals surface area contributed by atoms with Crippen LogP contribution in [0.25, 0.3) is 0 Å². The second-order valence-corrected chi connectivity index (χ2v) is 6.14. The minimum absolute atomic E-state index is 0.0416. The number of nitrogens with zero attached hydrogens (tertiary/aromatic N) is 2. The molecule has 2 amide bonds. The minimum Gasteiger partial charge on any atom is -0.481 e. The predicted octanol–water partition coefficient (Wildman–Crippen LogP) is 1.01. The number of ether oxygens (including phenoxy) is 1. The molecule has 0 aliphatic carbocycles. The van der Waals surface area contributed by atoms with Gasteiger partial charge >= 0.3 is 12.0 Å². The molecule has 19 heavy (non-hydrogen) atoms. The number of morpholine rings is 1. The van der Waals surface area contributed by atoms with E-state index in [0.717, 1.165) is 19.5 Å². The van der Waals surface area contributed by atoms with E-state index in [1.807, 2.05) is 4.90 Å². The number of carboxylic acids is 1. The fourth-order valence-electron chi connectivity index (χ4n) is 2.73. The Balaban J connectivity index is 2.01. The van der Waals surface area contributed by atoms with E-state index in [9.17, 15) is 9.59 Å². The summed E-state index contributed by atoms with van der Waals surface area (Å²) in [6.07, 6.45) is 0.940. The fraction of sp³-hybridized carbons (Fsp3) is 0.846. The zero-order valence-corrected chi connectivity index (χ0v) is 11.6. The monoisotopic (exact) mass is 270 g/mol. The molecule has 2 saturated heterocycles. The molecule has 2 rings (SSSR count). The second kappa shape index (κ2) is 5.36. The Morgan fingerprint density at radius 2 is 2.11 bits per heavy atom. The molecule has 0 bridgehead atoms. The molecule has 1 N–H and O–H groups in total. The molecule has 2 fully saturated rings. The lowest BCUT2D eigenvalue weighted by Crippen LogP contribution is -2.54. The van der Waals surface area contributed by atoms with Crippen molar-refractivity contribution >= 4 is 12.0 Å². The van der Waals surface area contributed by atoms with Gasteiger partial charge in [-0.3, -0.25) is 4.79 Å². The lowest BCUT2D eigenvalue weighted by Gasteiger charge is -2.37. The Kier molecular flexibility index (Phi) is 3.99. The van der Waals surface area contributed by atoms with Crippen molar-refractivity contribution < 1.29 is 19.4 Å². The Hall–Kier alpha value is -1.30. The average molecular weight is 270 g/mol. The number of likely N-dealkylation sites (tertiary alicyclic amines) is 1.